The first-order valence-electron chi connectivity index (χ1n) is 6.15. The van der Waals surface area contributed by atoms with Gasteiger partial charge >= 0.3 is 0 Å². The second-order valence-electron chi connectivity index (χ2n) is 4.51. The van der Waals surface area contributed by atoms with Crippen LogP contribution in [0.15, 0.2) is 24.3 Å². The maximum atomic E-state index is 11.6. The van der Waals surface area contributed by atoms with Gasteiger partial charge in [0.1, 0.15) is 0 Å². The van der Waals surface area contributed by atoms with Crippen LogP contribution in [0.3, 0.4) is 0 Å². The average molecular weight is 244 g/mol. The lowest BCUT2D eigenvalue weighted by molar-refractivity contribution is -0.117. The van der Waals surface area contributed by atoms with Crippen LogP contribution in [0.5, 0.6) is 0 Å². The molecule has 0 spiro atoms. The first kappa shape index (κ1) is 12.6. The number of anilines is 1. The predicted octanol–water partition coefficient (Wildman–Crippen LogP) is 2.31. The van der Waals surface area contributed by atoms with E-state index in [9.17, 15) is 4.79 Å². The van der Waals surface area contributed by atoms with Gasteiger partial charge in [0.15, 0.2) is 0 Å². The highest BCUT2D eigenvalue weighted by Crippen LogP contribution is 2.28. The molecular formula is C14H16N2O2. The smallest absolute Gasteiger partial charge is 0.226 e. The van der Waals surface area contributed by atoms with Crippen LogP contribution in [0, 0.1) is 17.2 Å². The van der Waals surface area contributed by atoms with Gasteiger partial charge in [-0.2, -0.15) is 5.26 Å². The second kappa shape index (κ2) is 6.18. The van der Waals surface area contributed by atoms with Crippen molar-refractivity contribution in [1.82, 2.24) is 0 Å². The quantitative estimate of drug-likeness (QED) is 0.781. The first-order valence-corrected chi connectivity index (χ1v) is 6.15. The molecule has 4 nitrogen and oxygen atoms in total. The minimum atomic E-state index is -0.0597. The summed E-state index contributed by atoms with van der Waals surface area (Å²) in [5.74, 6) is 0.669. The zero-order chi connectivity index (χ0) is 12.8. The van der Waals surface area contributed by atoms with Crippen molar-refractivity contribution in [3.05, 3.63) is 29.8 Å². The van der Waals surface area contributed by atoms with Gasteiger partial charge in [-0.1, -0.05) is 0 Å². The molecule has 18 heavy (non-hydrogen) atoms. The fourth-order valence-corrected chi connectivity index (χ4v) is 1.55. The molecule has 1 aromatic rings. The van der Waals surface area contributed by atoms with Crippen molar-refractivity contribution in [2.45, 2.75) is 19.3 Å². The molecule has 0 radical (unpaired) electrons. The minimum Gasteiger partial charge on any atom is -0.381 e. The van der Waals surface area contributed by atoms with Gasteiger partial charge in [0, 0.05) is 12.3 Å². The Kier molecular flexibility index (Phi) is 4.32. The van der Waals surface area contributed by atoms with Crippen molar-refractivity contribution in [2.24, 2.45) is 5.92 Å². The van der Waals surface area contributed by atoms with Crippen LogP contribution in [0.4, 0.5) is 5.69 Å². The Morgan fingerprint density at radius 1 is 1.39 bits per heavy atom. The number of benzene rings is 1. The number of amides is 1. The first-order chi connectivity index (χ1) is 8.78. The number of nitrogens with zero attached hydrogens (tertiary/aromatic N) is 1. The van der Waals surface area contributed by atoms with Crippen molar-refractivity contribution in [3.8, 4) is 6.07 Å². The molecule has 1 N–H and O–H groups in total. The van der Waals surface area contributed by atoms with Gasteiger partial charge in [-0.15, -0.1) is 0 Å². The summed E-state index contributed by atoms with van der Waals surface area (Å²) in [5, 5.41) is 11.4. The molecule has 1 amide bonds. The highest BCUT2D eigenvalue weighted by Gasteiger charge is 2.21. The summed E-state index contributed by atoms with van der Waals surface area (Å²) in [7, 11) is 0. The molecule has 0 unspecified atom stereocenters. The molecule has 0 heterocycles. The standard InChI is InChI=1S/C14H16N2O2/c15-9-11-3-5-13(6-4-11)16-14(17)7-8-18-10-12-1-2-12/h3-6,12H,1-2,7-8,10H2,(H,16,17). The van der Waals surface area contributed by atoms with Crippen molar-refractivity contribution in [3.63, 3.8) is 0 Å². The third kappa shape index (κ3) is 4.19. The lowest BCUT2D eigenvalue weighted by atomic mass is 10.2. The Hall–Kier alpha value is -1.86. The fourth-order valence-electron chi connectivity index (χ4n) is 1.55. The maximum absolute atomic E-state index is 11.6. The monoisotopic (exact) mass is 244 g/mol. The number of ether oxygens (including phenoxy) is 1. The number of hydrogen-bond acceptors (Lipinski definition) is 3. The second-order valence-corrected chi connectivity index (χ2v) is 4.51. The summed E-state index contributed by atoms with van der Waals surface area (Å²) in [6.07, 6.45) is 2.89. The summed E-state index contributed by atoms with van der Waals surface area (Å²) in [4.78, 5) is 11.6. The van der Waals surface area contributed by atoms with Crippen LogP contribution in [0.25, 0.3) is 0 Å². The van der Waals surface area contributed by atoms with Crippen molar-refractivity contribution < 1.29 is 9.53 Å². The maximum Gasteiger partial charge on any atom is 0.226 e. The highest BCUT2D eigenvalue weighted by molar-refractivity contribution is 5.90. The van der Waals surface area contributed by atoms with E-state index in [1.165, 1.54) is 12.8 Å². The van der Waals surface area contributed by atoms with E-state index in [4.69, 9.17) is 10.00 Å². The van der Waals surface area contributed by atoms with E-state index >= 15 is 0 Å². The van der Waals surface area contributed by atoms with E-state index in [-0.39, 0.29) is 5.91 Å². The SMILES string of the molecule is N#Cc1ccc(NC(=O)CCOCC2CC2)cc1. The van der Waals surface area contributed by atoms with E-state index in [0.29, 0.717) is 24.3 Å². The molecule has 1 aliphatic rings. The molecule has 0 aromatic heterocycles. The van der Waals surface area contributed by atoms with Crippen LogP contribution < -0.4 is 5.32 Å². The van der Waals surface area contributed by atoms with Crippen LogP contribution in [0.2, 0.25) is 0 Å². The highest BCUT2D eigenvalue weighted by atomic mass is 16.5. The molecule has 4 heteroatoms. The lowest BCUT2D eigenvalue weighted by Gasteiger charge is -2.05. The molecule has 94 valence electrons. The minimum absolute atomic E-state index is 0.0597. The van der Waals surface area contributed by atoms with Gasteiger partial charge in [0.05, 0.1) is 24.7 Å². The topological polar surface area (TPSA) is 62.1 Å². The van der Waals surface area contributed by atoms with Crippen LogP contribution in [-0.4, -0.2) is 19.1 Å². The summed E-state index contributed by atoms with van der Waals surface area (Å²) in [5.41, 5.74) is 1.29. The third-order valence-corrected chi connectivity index (χ3v) is 2.82. The van der Waals surface area contributed by atoms with Crippen molar-refractivity contribution in [1.29, 1.82) is 5.26 Å². The van der Waals surface area contributed by atoms with Gasteiger partial charge in [-0.05, 0) is 43.0 Å². The lowest BCUT2D eigenvalue weighted by Crippen LogP contribution is -2.14. The van der Waals surface area contributed by atoms with Crippen molar-refractivity contribution in [2.75, 3.05) is 18.5 Å². The molecule has 0 atom stereocenters. The number of rotatable bonds is 6. The van der Waals surface area contributed by atoms with E-state index < -0.39 is 0 Å². The molecule has 0 saturated heterocycles. The zero-order valence-electron chi connectivity index (χ0n) is 10.2. The van der Waals surface area contributed by atoms with E-state index in [0.717, 1.165) is 12.5 Å². The summed E-state index contributed by atoms with van der Waals surface area (Å²) in [6, 6.07) is 8.84. The van der Waals surface area contributed by atoms with Gasteiger partial charge in [-0.3, -0.25) is 4.79 Å². The van der Waals surface area contributed by atoms with Gasteiger partial charge in [0.25, 0.3) is 0 Å². The Balaban J connectivity index is 1.67. The number of hydrogen-bond donors (Lipinski definition) is 1. The van der Waals surface area contributed by atoms with Gasteiger partial charge in [0.2, 0.25) is 5.91 Å². The predicted molar refractivity (Wildman–Crippen MR) is 67.9 cm³/mol. The Morgan fingerprint density at radius 3 is 2.72 bits per heavy atom. The molecule has 2 rings (SSSR count). The fraction of sp³-hybridized carbons (Fsp3) is 0.429. The Morgan fingerprint density at radius 2 is 2.11 bits per heavy atom. The van der Waals surface area contributed by atoms with E-state index in [1.54, 1.807) is 24.3 Å². The zero-order valence-corrected chi connectivity index (χ0v) is 10.2. The van der Waals surface area contributed by atoms with Crippen LogP contribution in [0.1, 0.15) is 24.8 Å². The Bertz CT molecular complexity index is 444. The molecule has 0 bridgehead atoms. The summed E-state index contributed by atoms with van der Waals surface area (Å²) < 4.78 is 5.40. The molecule has 1 saturated carbocycles. The number of carbonyl (C=O) groups is 1. The number of carbonyl (C=O) groups excluding carboxylic acids is 1. The van der Waals surface area contributed by atoms with Gasteiger partial charge in [-0.25, -0.2) is 0 Å². The molecule has 0 aliphatic heterocycles. The largest absolute Gasteiger partial charge is 0.381 e. The van der Waals surface area contributed by atoms with E-state index in [1.807, 2.05) is 6.07 Å². The van der Waals surface area contributed by atoms with Crippen LogP contribution >= 0.6 is 0 Å². The van der Waals surface area contributed by atoms with E-state index in [2.05, 4.69) is 5.32 Å². The van der Waals surface area contributed by atoms with Gasteiger partial charge < -0.3 is 10.1 Å². The Labute approximate surface area is 107 Å². The number of nitrogens with one attached hydrogen (secondary N) is 1. The average Bonchev–Trinajstić information content (AvgIpc) is 3.20. The van der Waals surface area contributed by atoms with Crippen molar-refractivity contribution >= 4 is 11.6 Å². The molecular weight excluding hydrogens is 228 g/mol. The molecule has 1 aromatic carbocycles. The normalized spacial score (nSPS) is 13.9. The molecule has 1 aliphatic carbocycles. The third-order valence-electron chi connectivity index (χ3n) is 2.82. The molecule has 1 fully saturated rings. The summed E-state index contributed by atoms with van der Waals surface area (Å²) >= 11 is 0. The van der Waals surface area contributed by atoms with Crippen LogP contribution in [-0.2, 0) is 9.53 Å². The number of nitriles is 1. The summed E-state index contributed by atoms with van der Waals surface area (Å²) in [6.45, 7) is 1.25.